The summed E-state index contributed by atoms with van der Waals surface area (Å²) in [4.78, 5) is 13.3. The van der Waals surface area contributed by atoms with Gasteiger partial charge in [0.1, 0.15) is 0 Å². The van der Waals surface area contributed by atoms with Crippen LogP contribution in [0.5, 0.6) is 0 Å². The molecule has 0 aromatic carbocycles. The van der Waals surface area contributed by atoms with E-state index >= 15 is 0 Å². The maximum absolute atomic E-state index is 11.5. The quantitative estimate of drug-likeness (QED) is 0.711. The fourth-order valence-corrected chi connectivity index (χ4v) is 2.46. The van der Waals surface area contributed by atoms with E-state index in [9.17, 15) is 4.79 Å². The number of aliphatic hydroxyl groups excluding tert-OH is 1. The molecule has 1 aliphatic heterocycles. The number of rotatable bonds is 4. The Labute approximate surface area is 90.2 Å². The number of nitrogens with zero attached hydrogens (tertiary/aromatic N) is 1. The van der Waals surface area contributed by atoms with Crippen molar-refractivity contribution in [3.63, 3.8) is 0 Å². The summed E-state index contributed by atoms with van der Waals surface area (Å²) in [6.07, 6.45) is 1.81. The molecular weight excluding hydrogens is 194 g/mol. The van der Waals surface area contributed by atoms with Gasteiger partial charge in [0.15, 0.2) is 0 Å². The minimum absolute atomic E-state index is 0.174. The molecule has 1 heterocycles. The molecule has 0 spiro atoms. The molecule has 1 aliphatic carbocycles. The van der Waals surface area contributed by atoms with Gasteiger partial charge in [-0.1, -0.05) is 13.3 Å². The van der Waals surface area contributed by atoms with E-state index in [0.717, 1.165) is 25.9 Å². The molecule has 0 bridgehead atoms. The monoisotopic (exact) mass is 213 g/mol. The lowest BCUT2D eigenvalue weighted by atomic mass is 10.3. The lowest BCUT2D eigenvalue weighted by Crippen LogP contribution is -2.32. The van der Waals surface area contributed by atoms with Crippen molar-refractivity contribution in [2.24, 2.45) is 17.8 Å². The van der Waals surface area contributed by atoms with Crippen LogP contribution in [0.3, 0.4) is 0 Å². The fourth-order valence-electron chi connectivity index (χ4n) is 2.46. The van der Waals surface area contributed by atoms with Gasteiger partial charge in [0.2, 0.25) is 0 Å². The zero-order chi connectivity index (χ0) is 10.8. The Balaban J connectivity index is 1.67. The summed E-state index contributed by atoms with van der Waals surface area (Å²) in [6.45, 7) is 4.44. The summed E-state index contributed by atoms with van der Waals surface area (Å²) in [6, 6.07) is 0. The number of amides is 1. The highest BCUT2D eigenvalue weighted by molar-refractivity contribution is 5.68. The van der Waals surface area contributed by atoms with Crippen molar-refractivity contribution in [2.75, 3.05) is 26.3 Å². The third kappa shape index (κ3) is 2.09. The molecule has 15 heavy (non-hydrogen) atoms. The van der Waals surface area contributed by atoms with Crippen LogP contribution in [0, 0.1) is 17.8 Å². The molecule has 0 aromatic rings. The topological polar surface area (TPSA) is 49.8 Å². The van der Waals surface area contributed by atoms with Gasteiger partial charge in [-0.05, 0) is 24.2 Å². The van der Waals surface area contributed by atoms with Crippen LogP contribution in [0.1, 0.15) is 19.8 Å². The van der Waals surface area contributed by atoms with Crippen LogP contribution in [0.4, 0.5) is 4.79 Å². The number of ether oxygens (including phenoxy) is 1. The number of likely N-dealkylation sites (tertiary alicyclic amines) is 1. The van der Waals surface area contributed by atoms with E-state index in [1.54, 1.807) is 4.90 Å². The second kappa shape index (κ2) is 4.39. The van der Waals surface area contributed by atoms with Gasteiger partial charge < -0.3 is 14.7 Å². The van der Waals surface area contributed by atoms with Crippen LogP contribution in [0.25, 0.3) is 0 Å². The van der Waals surface area contributed by atoms with Crippen LogP contribution in [-0.4, -0.2) is 42.4 Å². The van der Waals surface area contributed by atoms with Crippen LogP contribution in [0.2, 0.25) is 0 Å². The second-order valence-electron chi connectivity index (χ2n) is 4.55. The summed E-state index contributed by atoms with van der Waals surface area (Å²) in [7, 11) is 0. The number of hydrogen-bond acceptors (Lipinski definition) is 3. The number of carbonyl (C=O) groups is 1. The van der Waals surface area contributed by atoms with Crippen LogP contribution in [0.15, 0.2) is 0 Å². The number of carbonyl (C=O) groups excluding carboxylic acids is 1. The van der Waals surface area contributed by atoms with E-state index in [1.807, 2.05) is 0 Å². The average Bonchev–Trinajstić information content (AvgIpc) is 2.70. The Morgan fingerprint density at radius 2 is 2.13 bits per heavy atom. The molecule has 2 fully saturated rings. The molecule has 2 aliphatic rings. The Morgan fingerprint density at radius 3 is 2.67 bits per heavy atom. The third-order valence-corrected chi connectivity index (χ3v) is 3.56. The van der Waals surface area contributed by atoms with Crippen molar-refractivity contribution in [1.29, 1.82) is 0 Å². The number of unbranched alkanes of at least 4 members (excludes halogenated alkanes) is 1. The first-order chi connectivity index (χ1) is 7.27. The predicted molar refractivity (Wildman–Crippen MR) is 55.4 cm³/mol. The fraction of sp³-hybridized carbons (Fsp3) is 0.909. The van der Waals surface area contributed by atoms with E-state index < -0.39 is 0 Å². The van der Waals surface area contributed by atoms with Crippen molar-refractivity contribution in [3.8, 4) is 0 Å². The van der Waals surface area contributed by atoms with Crippen molar-refractivity contribution < 1.29 is 14.6 Å². The molecule has 4 heteroatoms. The molecule has 1 N–H and O–H groups in total. The minimum atomic E-state index is -0.174. The summed E-state index contributed by atoms with van der Waals surface area (Å²) >= 11 is 0. The molecule has 1 saturated carbocycles. The van der Waals surface area contributed by atoms with Crippen molar-refractivity contribution in [2.45, 2.75) is 19.8 Å². The van der Waals surface area contributed by atoms with E-state index in [0.29, 0.717) is 24.4 Å². The number of hydrogen-bond donors (Lipinski definition) is 1. The maximum atomic E-state index is 11.5. The Kier molecular flexibility index (Phi) is 3.14. The van der Waals surface area contributed by atoms with Crippen molar-refractivity contribution >= 4 is 6.09 Å². The van der Waals surface area contributed by atoms with Crippen molar-refractivity contribution in [1.82, 2.24) is 4.90 Å². The molecule has 0 aromatic heterocycles. The molecule has 4 nitrogen and oxygen atoms in total. The number of piperidine rings is 1. The molecule has 2 rings (SSSR count). The smallest absolute Gasteiger partial charge is 0.409 e. The average molecular weight is 213 g/mol. The van der Waals surface area contributed by atoms with Crippen LogP contribution in [-0.2, 0) is 4.74 Å². The Bertz CT molecular complexity index is 232. The van der Waals surface area contributed by atoms with E-state index in [-0.39, 0.29) is 12.7 Å². The van der Waals surface area contributed by atoms with Gasteiger partial charge in [0.25, 0.3) is 0 Å². The summed E-state index contributed by atoms with van der Waals surface area (Å²) < 4.78 is 5.13. The van der Waals surface area contributed by atoms with E-state index in [4.69, 9.17) is 9.84 Å². The van der Waals surface area contributed by atoms with Gasteiger partial charge in [0, 0.05) is 19.7 Å². The first-order valence-corrected chi connectivity index (χ1v) is 5.80. The summed E-state index contributed by atoms with van der Waals surface area (Å²) in [5.41, 5.74) is 0. The standard InChI is InChI=1S/C11H19NO3/c1-2-3-4-15-11(14)12-5-8-9(6-12)10(8)7-13/h8-10,13H,2-7H2,1H3. The predicted octanol–water partition coefficient (Wildman–Crippen LogP) is 1.09. The first-order valence-electron chi connectivity index (χ1n) is 5.80. The maximum Gasteiger partial charge on any atom is 0.409 e. The van der Waals surface area contributed by atoms with Crippen molar-refractivity contribution in [3.05, 3.63) is 0 Å². The summed E-state index contributed by atoms with van der Waals surface area (Å²) in [5.74, 6) is 1.52. The van der Waals surface area contributed by atoms with E-state index in [2.05, 4.69) is 6.92 Å². The Hall–Kier alpha value is -0.770. The van der Waals surface area contributed by atoms with Crippen LogP contribution >= 0.6 is 0 Å². The normalized spacial score (nSPS) is 32.7. The number of fused-ring (bicyclic) bond motifs is 1. The largest absolute Gasteiger partial charge is 0.449 e. The van der Waals surface area contributed by atoms with E-state index in [1.165, 1.54) is 0 Å². The molecular formula is C11H19NO3. The second-order valence-corrected chi connectivity index (χ2v) is 4.55. The molecule has 0 radical (unpaired) electrons. The molecule has 2 atom stereocenters. The highest BCUT2D eigenvalue weighted by atomic mass is 16.6. The summed E-state index contributed by atoms with van der Waals surface area (Å²) in [5, 5.41) is 8.98. The van der Waals surface area contributed by atoms with Crippen LogP contribution < -0.4 is 0 Å². The van der Waals surface area contributed by atoms with Gasteiger partial charge >= 0.3 is 6.09 Å². The highest BCUT2D eigenvalue weighted by Crippen LogP contribution is 2.51. The number of aliphatic hydroxyl groups is 1. The zero-order valence-corrected chi connectivity index (χ0v) is 9.19. The van der Waals surface area contributed by atoms with Gasteiger partial charge in [-0.3, -0.25) is 0 Å². The van der Waals surface area contributed by atoms with Gasteiger partial charge in [-0.15, -0.1) is 0 Å². The molecule has 2 unspecified atom stereocenters. The SMILES string of the molecule is CCCCOC(=O)N1CC2C(CO)C2C1. The lowest BCUT2D eigenvalue weighted by Gasteiger charge is -2.18. The Morgan fingerprint density at radius 1 is 1.47 bits per heavy atom. The van der Waals surface area contributed by atoms with Gasteiger partial charge in [-0.2, -0.15) is 0 Å². The zero-order valence-electron chi connectivity index (χ0n) is 9.19. The molecule has 1 amide bonds. The van der Waals surface area contributed by atoms with Gasteiger partial charge in [-0.25, -0.2) is 4.79 Å². The third-order valence-electron chi connectivity index (χ3n) is 3.56. The van der Waals surface area contributed by atoms with Gasteiger partial charge in [0.05, 0.1) is 6.61 Å². The first kappa shape index (κ1) is 10.7. The highest BCUT2D eigenvalue weighted by Gasteiger charge is 2.56. The lowest BCUT2D eigenvalue weighted by molar-refractivity contribution is 0.101. The molecule has 1 saturated heterocycles. The molecule has 86 valence electrons. The minimum Gasteiger partial charge on any atom is -0.449 e.